The summed E-state index contributed by atoms with van der Waals surface area (Å²) in [4.78, 5) is 39.9. The Balaban J connectivity index is 1.44. The van der Waals surface area contributed by atoms with Gasteiger partial charge in [0, 0.05) is 19.0 Å². The van der Waals surface area contributed by atoms with Gasteiger partial charge in [0.05, 0.1) is 0 Å². The van der Waals surface area contributed by atoms with Crippen LogP contribution in [0.5, 0.6) is 0 Å². The fourth-order valence-corrected chi connectivity index (χ4v) is 5.48. The number of hydrogen-bond acceptors (Lipinski definition) is 6. The number of carbonyl (C=O) groups is 3. The van der Waals surface area contributed by atoms with E-state index >= 15 is 0 Å². The number of fused-ring (bicyclic) bond motifs is 3. The number of likely N-dealkylation sites (N-methyl/N-ethyl adjacent to an activating group) is 1. The molecular weight excluding hydrogens is 526 g/mol. The second-order valence-electron chi connectivity index (χ2n) is 9.89. The quantitative estimate of drug-likeness (QED) is 0.285. The van der Waals surface area contributed by atoms with Crippen molar-refractivity contribution in [2.75, 3.05) is 32.2 Å². The van der Waals surface area contributed by atoms with E-state index in [1.54, 1.807) is 0 Å². The lowest BCUT2D eigenvalue weighted by molar-refractivity contribution is -0.142. The topological polar surface area (TPSA) is 108 Å². The van der Waals surface area contributed by atoms with Crippen molar-refractivity contribution >= 4 is 29.7 Å². The Labute approximate surface area is 239 Å². The number of alkyl carbamates (subject to hydrolysis) is 1. The maximum atomic E-state index is 13.3. The van der Waals surface area contributed by atoms with Crippen molar-refractivity contribution in [1.29, 1.82) is 0 Å². The minimum absolute atomic E-state index is 0.111. The first-order valence-electron chi connectivity index (χ1n) is 13.2. The van der Waals surface area contributed by atoms with E-state index in [1.807, 2.05) is 84.9 Å². The normalized spacial score (nSPS) is 13.7. The van der Waals surface area contributed by atoms with Gasteiger partial charge in [-0.2, -0.15) is 11.8 Å². The maximum absolute atomic E-state index is 13.3. The Kier molecular flexibility index (Phi) is 10.2. The number of amides is 2. The third-order valence-electron chi connectivity index (χ3n) is 6.97. The molecule has 9 heteroatoms. The van der Waals surface area contributed by atoms with E-state index in [-0.39, 0.29) is 25.5 Å². The molecule has 4 rings (SSSR count). The molecule has 1 unspecified atom stereocenters. The van der Waals surface area contributed by atoms with Crippen LogP contribution in [0.4, 0.5) is 4.79 Å². The molecule has 0 radical (unpaired) electrons. The molecule has 3 N–H and O–H groups in total. The number of carboxylic acids is 1. The van der Waals surface area contributed by atoms with Gasteiger partial charge in [-0.1, -0.05) is 78.9 Å². The number of rotatable bonds is 13. The number of nitrogens with zero attached hydrogens (tertiary/aromatic N) is 1. The SMILES string of the molecule is CSCC[C@H](NC(=O)C(CN(C)Cc1ccccc1)NC(=O)OCC1c2ccccc2-c2ccccc21)C(=O)O. The maximum Gasteiger partial charge on any atom is 0.407 e. The van der Waals surface area contributed by atoms with Gasteiger partial charge in [-0.05, 0) is 53.3 Å². The zero-order valence-electron chi connectivity index (χ0n) is 22.7. The number of thioether (sulfide) groups is 1. The van der Waals surface area contributed by atoms with Crippen molar-refractivity contribution in [3.8, 4) is 11.1 Å². The summed E-state index contributed by atoms with van der Waals surface area (Å²) in [6, 6.07) is 23.8. The summed E-state index contributed by atoms with van der Waals surface area (Å²) >= 11 is 1.50. The molecule has 1 aliphatic rings. The van der Waals surface area contributed by atoms with Crippen LogP contribution in [0.1, 0.15) is 29.0 Å². The van der Waals surface area contributed by atoms with Crippen molar-refractivity contribution < 1.29 is 24.2 Å². The third kappa shape index (κ3) is 7.43. The van der Waals surface area contributed by atoms with Crippen molar-refractivity contribution in [1.82, 2.24) is 15.5 Å². The van der Waals surface area contributed by atoms with E-state index in [4.69, 9.17) is 4.74 Å². The lowest BCUT2D eigenvalue weighted by atomic mass is 9.98. The van der Waals surface area contributed by atoms with Crippen LogP contribution in [0.2, 0.25) is 0 Å². The van der Waals surface area contributed by atoms with Crippen LogP contribution < -0.4 is 10.6 Å². The summed E-state index contributed by atoms with van der Waals surface area (Å²) < 4.78 is 5.67. The van der Waals surface area contributed by atoms with Crippen molar-refractivity contribution in [2.45, 2.75) is 31.0 Å². The number of nitrogens with one attached hydrogen (secondary N) is 2. The Hall–Kier alpha value is -3.82. The number of aliphatic carboxylic acids is 1. The smallest absolute Gasteiger partial charge is 0.407 e. The molecule has 3 aromatic carbocycles. The second kappa shape index (κ2) is 14.0. The molecule has 0 aliphatic heterocycles. The van der Waals surface area contributed by atoms with Crippen molar-refractivity contribution in [3.63, 3.8) is 0 Å². The Morgan fingerprint density at radius 2 is 1.50 bits per heavy atom. The van der Waals surface area contributed by atoms with E-state index in [0.29, 0.717) is 12.3 Å². The minimum atomic E-state index is -1.11. The van der Waals surface area contributed by atoms with Crippen LogP contribution in [0.15, 0.2) is 78.9 Å². The van der Waals surface area contributed by atoms with Crippen LogP contribution in [0.25, 0.3) is 11.1 Å². The monoisotopic (exact) mass is 561 g/mol. The zero-order chi connectivity index (χ0) is 28.5. The summed E-state index contributed by atoms with van der Waals surface area (Å²) in [5, 5.41) is 14.9. The number of carboxylic acid groups (broad SMARTS) is 1. The summed E-state index contributed by atoms with van der Waals surface area (Å²) in [6.45, 7) is 0.825. The predicted molar refractivity (Wildman–Crippen MR) is 157 cm³/mol. The second-order valence-corrected chi connectivity index (χ2v) is 10.9. The molecule has 8 nitrogen and oxygen atoms in total. The van der Waals surface area contributed by atoms with Crippen LogP contribution in [-0.2, 0) is 20.9 Å². The first kappa shape index (κ1) is 29.2. The van der Waals surface area contributed by atoms with Gasteiger partial charge >= 0.3 is 12.1 Å². The molecule has 0 saturated heterocycles. The average Bonchev–Trinajstić information content (AvgIpc) is 3.27. The Bertz CT molecular complexity index is 1270. The van der Waals surface area contributed by atoms with E-state index in [0.717, 1.165) is 27.8 Å². The molecule has 0 aromatic heterocycles. The summed E-state index contributed by atoms with van der Waals surface area (Å²) in [5.74, 6) is -1.22. The van der Waals surface area contributed by atoms with Gasteiger partial charge in [-0.15, -0.1) is 0 Å². The van der Waals surface area contributed by atoms with Gasteiger partial charge in [-0.3, -0.25) is 9.69 Å². The fraction of sp³-hybridized carbons (Fsp3) is 0.323. The lowest BCUT2D eigenvalue weighted by Crippen LogP contribution is -2.55. The summed E-state index contributed by atoms with van der Waals surface area (Å²) in [7, 11) is 1.84. The molecule has 0 bridgehead atoms. The standard InChI is InChI=1S/C31H35N3O5S/c1-34(18-21-10-4-3-5-11-21)19-28(29(35)32-27(30(36)37)16-17-40-2)33-31(38)39-20-26-24-14-8-6-12-22(24)23-13-7-9-15-25(23)26/h3-15,26-28H,16-20H2,1-2H3,(H,32,35)(H,33,38)(H,36,37)/t27-,28?/m0/s1. The zero-order valence-corrected chi connectivity index (χ0v) is 23.5. The summed E-state index contributed by atoms with van der Waals surface area (Å²) in [5.41, 5.74) is 5.47. The summed E-state index contributed by atoms with van der Waals surface area (Å²) in [6.07, 6.45) is 1.42. The minimum Gasteiger partial charge on any atom is -0.480 e. The average molecular weight is 562 g/mol. The van der Waals surface area contributed by atoms with Crippen LogP contribution in [0.3, 0.4) is 0 Å². The molecule has 40 heavy (non-hydrogen) atoms. The molecule has 2 amide bonds. The molecule has 2 atom stereocenters. The third-order valence-corrected chi connectivity index (χ3v) is 7.61. The highest BCUT2D eigenvalue weighted by molar-refractivity contribution is 7.98. The van der Waals surface area contributed by atoms with Crippen LogP contribution >= 0.6 is 11.8 Å². The highest BCUT2D eigenvalue weighted by Gasteiger charge is 2.31. The molecule has 1 aliphatic carbocycles. The number of carbonyl (C=O) groups excluding carboxylic acids is 2. The van der Waals surface area contributed by atoms with Gasteiger partial charge in [0.2, 0.25) is 5.91 Å². The van der Waals surface area contributed by atoms with Crippen LogP contribution in [0, 0.1) is 0 Å². The highest BCUT2D eigenvalue weighted by atomic mass is 32.2. The number of hydrogen-bond donors (Lipinski definition) is 3. The van der Waals surface area contributed by atoms with Gasteiger partial charge in [-0.25, -0.2) is 9.59 Å². The number of ether oxygens (including phenoxy) is 1. The molecular formula is C31H35N3O5S. The Morgan fingerprint density at radius 3 is 2.10 bits per heavy atom. The molecule has 0 spiro atoms. The van der Waals surface area contributed by atoms with Gasteiger partial charge in [0.25, 0.3) is 0 Å². The van der Waals surface area contributed by atoms with Crippen molar-refractivity contribution in [3.05, 3.63) is 95.6 Å². The predicted octanol–water partition coefficient (Wildman–Crippen LogP) is 4.35. The van der Waals surface area contributed by atoms with Crippen molar-refractivity contribution in [2.24, 2.45) is 0 Å². The lowest BCUT2D eigenvalue weighted by Gasteiger charge is -2.26. The molecule has 0 saturated carbocycles. The Morgan fingerprint density at radius 1 is 0.900 bits per heavy atom. The van der Waals surface area contributed by atoms with E-state index in [1.165, 1.54) is 11.8 Å². The largest absolute Gasteiger partial charge is 0.480 e. The van der Waals surface area contributed by atoms with E-state index in [9.17, 15) is 19.5 Å². The first-order chi connectivity index (χ1) is 19.4. The molecule has 0 heterocycles. The van der Waals surface area contributed by atoms with Gasteiger partial charge in [0.1, 0.15) is 18.7 Å². The van der Waals surface area contributed by atoms with Crippen LogP contribution in [-0.4, -0.2) is 72.3 Å². The molecule has 210 valence electrons. The first-order valence-corrected chi connectivity index (χ1v) is 14.6. The highest BCUT2D eigenvalue weighted by Crippen LogP contribution is 2.44. The fourth-order valence-electron chi connectivity index (χ4n) is 5.01. The number of benzene rings is 3. The molecule has 3 aromatic rings. The van der Waals surface area contributed by atoms with Gasteiger partial charge in [0.15, 0.2) is 0 Å². The van der Waals surface area contributed by atoms with Gasteiger partial charge < -0.3 is 20.5 Å². The van der Waals surface area contributed by atoms with E-state index in [2.05, 4.69) is 22.8 Å². The van der Waals surface area contributed by atoms with E-state index < -0.39 is 30.1 Å². The molecule has 0 fully saturated rings.